The lowest BCUT2D eigenvalue weighted by molar-refractivity contribution is -0.133. The molecule has 3 N–H and O–H groups in total. The summed E-state index contributed by atoms with van der Waals surface area (Å²) in [6, 6.07) is 0. The van der Waals surface area contributed by atoms with Crippen LogP contribution in [-0.2, 0) is 16.1 Å². The molecule has 2 amide bonds. The smallest absolute Gasteiger partial charge is 0.244 e. The van der Waals surface area contributed by atoms with Crippen molar-refractivity contribution in [3.63, 3.8) is 0 Å². The van der Waals surface area contributed by atoms with Crippen molar-refractivity contribution in [2.75, 3.05) is 45.1 Å². The van der Waals surface area contributed by atoms with Crippen LogP contribution >= 0.6 is 0 Å². The fraction of sp³-hybridized carbons (Fsp3) is 0.706. The lowest BCUT2D eigenvalue weighted by atomic mass is 9.95. The molecular weight excluding hydrogens is 320 g/mol. The predicted octanol–water partition coefficient (Wildman–Crippen LogP) is -0.0294. The van der Waals surface area contributed by atoms with Crippen LogP contribution in [-0.4, -0.2) is 71.2 Å². The first-order chi connectivity index (χ1) is 12.1. The van der Waals surface area contributed by atoms with Crippen LogP contribution in [0.4, 0.5) is 5.69 Å². The summed E-state index contributed by atoms with van der Waals surface area (Å²) in [6.45, 7) is 4.06. The third-order valence-corrected chi connectivity index (χ3v) is 5.35. The summed E-state index contributed by atoms with van der Waals surface area (Å²) < 4.78 is 1.59. The fourth-order valence-corrected chi connectivity index (χ4v) is 3.71. The van der Waals surface area contributed by atoms with E-state index in [0.29, 0.717) is 12.2 Å². The summed E-state index contributed by atoms with van der Waals surface area (Å²) in [4.78, 5) is 28.8. The molecule has 0 unspecified atom stereocenters. The van der Waals surface area contributed by atoms with Crippen LogP contribution in [0.2, 0.25) is 0 Å². The highest BCUT2D eigenvalue weighted by Gasteiger charge is 2.32. The molecule has 1 saturated carbocycles. The molecule has 1 aliphatic carbocycles. The van der Waals surface area contributed by atoms with Gasteiger partial charge in [-0.05, 0) is 32.4 Å². The molecular formula is C17H28N6O2. The Morgan fingerprint density at radius 3 is 2.76 bits per heavy atom. The number of rotatable bonds is 5. The van der Waals surface area contributed by atoms with Gasteiger partial charge in [-0.2, -0.15) is 5.10 Å². The summed E-state index contributed by atoms with van der Waals surface area (Å²) in [7, 11) is 2.06. The van der Waals surface area contributed by atoms with Gasteiger partial charge in [0.2, 0.25) is 11.8 Å². The zero-order chi connectivity index (χ0) is 17.8. The minimum atomic E-state index is -0.0136. The van der Waals surface area contributed by atoms with Gasteiger partial charge in [0.05, 0.1) is 11.9 Å². The van der Waals surface area contributed by atoms with E-state index in [-0.39, 0.29) is 30.2 Å². The van der Waals surface area contributed by atoms with Crippen LogP contribution in [0.1, 0.15) is 19.3 Å². The van der Waals surface area contributed by atoms with Gasteiger partial charge < -0.3 is 20.9 Å². The Bertz CT molecular complexity index is 608. The minimum absolute atomic E-state index is 0.0119. The number of amides is 2. The van der Waals surface area contributed by atoms with Gasteiger partial charge in [0.1, 0.15) is 6.54 Å². The van der Waals surface area contributed by atoms with Crippen molar-refractivity contribution < 1.29 is 9.59 Å². The number of aromatic nitrogens is 2. The first-order valence-corrected chi connectivity index (χ1v) is 9.06. The molecule has 2 atom stereocenters. The van der Waals surface area contributed by atoms with Gasteiger partial charge in [0.15, 0.2) is 0 Å². The van der Waals surface area contributed by atoms with Crippen LogP contribution in [0, 0.1) is 11.8 Å². The van der Waals surface area contributed by atoms with E-state index in [4.69, 9.17) is 5.73 Å². The topological polar surface area (TPSA) is 96.5 Å². The maximum absolute atomic E-state index is 12.4. The largest absolute Gasteiger partial charge is 0.339 e. The summed E-state index contributed by atoms with van der Waals surface area (Å²) in [6.07, 6.45) is 6.29. The van der Waals surface area contributed by atoms with Gasteiger partial charge >= 0.3 is 0 Å². The molecule has 0 aromatic carbocycles. The normalized spacial score (nSPS) is 24.5. The second-order valence-corrected chi connectivity index (χ2v) is 7.13. The van der Waals surface area contributed by atoms with Crippen molar-refractivity contribution >= 4 is 17.5 Å². The van der Waals surface area contributed by atoms with Gasteiger partial charge in [-0.25, -0.2) is 0 Å². The molecule has 1 aliphatic heterocycles. The highest BCUT2D eigenvalue weighted by Crippen LogP contribution is 2.31. The number of piperazine rings is 1. The van der Waals surface area contributed by atoms with Crippen molar-refractivity contribution in [2.45, 2.75) is 25.8 Å². The van der Waals surface area contributed by atoms with Crippen LogP contribution in [0.15, 0.2) is 12.4 Å². The maximum Gasteiger partial charge on any atom is 0.244 e. The number of hydrogen-bond acceptors (Lipinski definition) is 5. The molecule has 0 spiro atoms. The third-order valence-electron chi connectivity index (χ3n) is 5.35. The van der Waals surface area contributed by atoms with E-state index in [2.05, 4.69) is 22.4 Å². The lowest BCUT2D eigenvalue weighted by Crippen LogP contribution is -2.48. The van der Waals surface area contributed by atoms with Crippen molar-refractivity contribution in [3.8, 4) is 0 Å². The van der Waals surface area contributed by atoms with E-state index in [1.54, 1.807) is 17.1 Å². The zero-order valence-corrected chi connectivity index (χ0v) is 14.9. The van der Waals surface area contributed by atoms with Gasteiger partial charge in [-0.15, -0.1) is 0 Å². The van der Waals surface area contributed by atoms with Crippen molar-refractivity contribution in [1.29, 1.82) is 0 Å². The molecule has 1 aromatic rings. The standard InChI is InChI=1S/C17H28N6O2/c1-21-5-7-22(8-6-21)16(24)12-23-11-14(10-19-23)20-17(25)15-4-2-3-13(15)9-18/h10-11,13,15H,2-9,12,18H2,1H3,(H,20,25)/t13-,15-/m1/s1. The van der Waals surface area contributed by atoms with Gasteiger partial charge in [-0.3, -0.25) is 14.3 Å². The molecule has 1 saturated heterocycles. The summed E-state index contributed by atoms with van der Waals surface area (Å²) in [5.74, 6) is 0.333. The molecule has 0 bridgehead atoms. The summed E-state index contributed by atoms with van der Waals surface area (Å²) in [5.41, 5.74) is 6.39. The van der Waals surface area contributed by atoms with Gasteiger partial charge in [0.25, 0.3) is 0 Å². The molecule has 2 heterocycles. The molecule has 138 valence electrons. The second-order valence-electron chi connectivity index (χ2n) is 7.13. The Labute approximate surface area is 148 Å². The number of nitrogens with one attached hydrogen (secondary N) is 1. The van der Waals surface area contributed by atoms with E-state index < -0.39 is 0 Å². The SMILES string of the molecule is CN1CCN(C(=O)Cn2cc(NC(=O)[C@@H]3CCC[C@@H]3CN)cn2)CC1. The first-order valence-electron chi connectivity index (χ1n) is 9.06. The van der Waals surface area contributed by atoms with E-state index >= 15 is 0 Å². The summed E-state index contributed by atoms with van der Waals surface area (Å²) >= 11 is 0. The molecule has 2 fully saturated rings. The number of nitrogens with two attached hydrogens (primary N) is 1. The minimum Gasteiger partial charge on any atom is -0.339 e. The molecule has 2 aliphatic rings. The Balaban J connectivity index is 1.52. The number of nitrogens with zero attached hydrogens (tertiary/aromatic N) is 4. The number of carbonyl (C=O) groups excluding carboxylic acids is 2. The van der Waals surface area contributed by atoms with Crippen LogP contribution in [0.25, 0.3) is 0 Å². The Morgan fingerprint density at radius 2 is 2.04 bits per heavy atom. The quantitative estimate of drug-likeness (QED) is 0.779. The van der Waals surface area contributed by atoms with E-state index in [0.717, 1.165) is 45.4 Å². The van der Waals surface area contributed by atoms with E-state index in [1.807, 2.05) is 4.90 Å². The van der Waals surface area contributed by atoms with Crippen molar-refractivity contribution in [3.05, 3.63) is 12.4 Å². The highest BCUT2D eigenvalue weighted by atomic mass is 16.2. The zero-order valence-electron chi connectivity index (χ0n) is 14.9. The Kier molecular flexibility index (Phi) is 5.70. The molecule has 0 radical (unpaired) electrons. The summed E-state index contributed by atoms with van der Waals surface area (Å²) in [5, 5.41) is 7.12. The fourth-order valence-electron chi connectivity index (χ4n) is 3.71. The molecule has 3 rings (SSSR count). The van der Waals surface area contributed by atoms with Gasteiger partial charge in [-0.1, -0.05) is 6.42 Å². The average molecular weight is 348 g/mol. The molecule has 25 heavy (non-hydrogen) atoms. The predicted molar refractivity (Wildman–Crippen MR) is 94.8 cm³/mol. The van der Waals surface area contributed by atoms with Gasteiger partial charge in [0, 0.05) is 38.3 Å². The highest BCUT2D eigenvalue weighted by molar-refractivity contribution is 5.92. The first kappa shape index (κ1) is 17.9. The second kappa shape index (κ2) is 7.97. The number of anilines is 1. The van der Waals surface area contributed by atoms with Crippen LogP contribution in [0.5, 0.6) is 0 Å². The Morgan fingerprint density at radius 1 is 1.28 bits per heavy atom. The monoisotopic (exact) mass is 348 g/mol. The average Bonchev–Trinajstić information content (AvgIpc) is 3.24. The van der Waals surface area contributed by atoms with E-state index in [9.17, 15) is 9.59 Å². The Hall–Kier alpha value is -1.93. The van der Waals surface area contributed by atoms with E-state index in [1.165, 1.54) is 0 Å². The molecule has 8 heteroatoms. The van der Waals surface area contributed by atoms with Crippen molar-refractivity contribution in [1.82, 2.24) is 19.6 Å². The third kappa shape index (κ3) is 4.38. The van der Waals surface area contributed by atoms with Crippen LogP contribution in [0.3, 0.4) is 0 Å². The molecule has 8 nitrogen and oxygen atoms in total. The molecule has 1 aromatic heterocycles. The maximum atomic E-state index is 12.4. The van der Waals surface area contributed by atoms with Crippen LogP contribution < -0.4 is 11.1 Å². The number of likely N-dealkylation sites (N-methyl/N-ethyl adjacent to an activating group) is 1. The number of hydrogen-bond donors (Lipinski definition) is 2. The van der Waals surface area contributed by atoms with Crippen molar-refractivity contribution in [2.24, 2.45) is 17.6 Å². The lowest BCUT2D eigenvalue weighted by Gasteiger charge is -2.32. The number of carbonyl (C=O) groups is 2.